The monoisotopic (exact) mass is 279 g/mol. The van der Waals surface area contributed by atoms with Crippen LogP contribution in [0.5, 0.6) is 0 Å². The van der Waals surface area contributed by atoms with Crippen molar-refractivity contribution < 1.29 is 0 Å². The van der Waals surface area contributed by atoms with E-state index >= 15 is 0 Å². The summed E-state index contributed by atoms with van der Waals surface area (Å²) < 4.78 is 0. The fourth-order valence-corrected chi connectivity index (χ4v) is 2.51. The Kier molecular flexibility index (Phi) is 5.62. The van der Waals surface area contributed by atoms with Gasteiger partial charge in [0, 0.05) is 24.9 Å². The normalized spacial score (nSPS) is 10.4. The maximum Gasteiger partial charge on any atom is 0.0367 e. The van der Waals surface area contributed by atoms with Gasteiger partial charge in [-0.2, -0.15) is 0 Å². The van der Waals surface area contributed by atoms with Gasteiger partial charge in [-0.3, -0.25) is 0 Å². The molecule has 0 saturated heterocycles. The predicted octanol–water partition coefficient (Wildman–Crippen LogP) is 4.98. The second kappa shape index (κ2) is 7.68. The van der Waals surface area contributed by atoms with Crippen LogP contribution < -0.4 is 0 Å². The average Bonchev–Trinajstić information content (AvgIpc) is 2.53. The third-order valence-corrected chi connectivity index (χ3v) is 3.87. The molecule has 0 heterocycles. The maximum absolute atomic E-state index is 4.31. The van der Waals surface area contributed by atoms with Crippen molar-refractivity contribution in [1.82, 2.24) is 4.90 Å². The van der Waals surface area contributed by atoms with Gasteiger partial charge in [-0.05, 0) is 24.0 Å². The summed E-state index contributed by atoms with van der Waals surface area (Å²) in [6.07, 6.45) is 3.37. The van der Waals surface area contributed by atoms with E-state index in [0.717, 1.165) is 18.7 Å². The van der Waals surface area contributed by atoms with Gasteiger partial charge in [0.25, 0.3) is 0 Å². The van der Waals surface area contributed by atoms with E-state index in [0.29, 0.717) is 0 Å². The average molecular weight is 279 g/mol. The highest BCUT2D eigenvalue weighted by Gasteiger charge is 2.09. The molecule has 1 nitrogen and oxygen atoms in total. The van der Waals surface area contributed by atoms with Gasteiger partial charge < -0.3 is 4.90 Å². The molecule has 21 heavy (non-hydrogen) atoms. The van der Waals surface area contributed by atoms with Crippen molar-refractivity contribution in [3.05, 3.63) is 77.9 Å². The number of nitrogens with zero attached hydrogens (tertiary/aromatic N) is 1. The van der Waals surface area contributed by atoms with Gasteiger partial charge in [0.2, 0.25) is 0 Å². The SMILES string of the molecule is C=C(c1ccccc1Cc1ccccc1)N(C)CCCC. The summed E-state index contributed by atoms with van der Waals surface area (Å²) in [5.41, 5.74) is 5.07. The van der Waals surface area contributed by atoms with Crippen LogP contribution in [0.3, 0.4) is 0 Å². The molecule has 0 amide bonds. The lowest BCUT2D eigenvalue weighted by atomic mass is 9.98. The van der Waals surface area contributed by atoms with Crippen LogP contribution in [-0.4, -0.2) is 18.5 Å². The van der Waals surface area contributed by atoms with Crippen LogP contribution in [0, 0.1) is 0 Å². The van der Waals surface area contributed by atoms with Gasteiger partial charge in [-0.1, -0.05) is 74.5 Å². The molecule has 0 aliphatic carbocycles. The van der Waals surface area contributed by atoms with Crippen molar-refractivity contribution in [2.24, 2.45) is 0 Å². The van der Waals surface area contributed by atoms with E-state index in [-0.39, 0.29) is 0 Å². The molecule has 110 valence electrons. The Bertz CT molecular complexity index is 571. The smallest absolute Gasteiger partial charge is 0.0367 e. The van der Waals surface area contributed by atoms with Gasteiger partial charge in [-0.15, -0.1) is 0 Å². The molecule has 0 spiro atoms. The van der Waals surface area contributed by atoms with Crippen molar-refractivity contribution in [2.75, 3.05) is 13.6 Å². The van der Waals surface area contributed by atoms with E-state index in [2.05, 4.69) is 80.0 Å². The number of hydrogen-bond donors (Lipinski definition) is 0. The Hall–Kier alpha value is -2.02. The summed E-state index contributed by atoms with van der Waals surface area (Å²) in [5, 5.41) is 0. The van der Waals surface area contributed by atoms with Crippen LogP contribution in [-0.2, 0) is 6.42 Å². The molecule has 2 aromatic carbocycles. The van der Waals surface area contributed by atoms with Crippen molar-refractivity contribution in [3.8, 4) is 0 Å². The highest BCUT2D eigenvalue weighted by molar-refractivity contribution is 5.65. The number of unbranched alkanes of at least 4 members (excludes halogenated alkanes) is 1. The van der Waals surface area contributed by atoms with Gasteiger partial charge >= 0.3 is 0 Å². The van der Waals surface area contributed by atoms with E-state index in [9.17, 15) is 0 Å². The summed E-state index contributed by atoms with van der Waals surface area (Å²) in [4.78, 5) is 2.27. The second-order valence-electron chi connectivity index (χ2n) is 5.54. The predicted molar refractivity (Wildman–Crippen MR) is 92.3 cm³/mol. The standard InChI is InChI=1S/C20H25N/c1-4-5-15-21(3)17(2)20-14-10-9-13-19(20)16-18-11-7-6-8-12-18/h6-14H,2,4-5,15-16H2,1,3H3. The van der Waals surface area contributed by atoms with Gasteiger partial charge in [0.1, 0.15) is 0 Å². The minimum atomic E-state index is 0.956. The van der Waals surface area contributed by atoms with Crippen molar-refractivity contribution in [3.63, 3.8) is 0 Å². The Morgan fingerprint density at radius 1 is 1.00 bits per heavy atom. The molecule has 1 heteroatoms. The molecule has 0 fully saturated rings. The number of rotatable bonds is 7. The van der Waals surface area contributed by atoms with Crippen molar-refractivity contribution in [1.29, 1.82) is 0 Å². The van der Waals surface area contributed by atoms with E-state index in [4.69, 9.17) is 0 Å². The van der Waals surface area contributed by atoms with E-state index in [1.165, 1.54) is 29.5 Å². The third kappa shape index (κ3) is 4.22. The Morgan fingerprint density at radius 3 is 2.38 bits per heavy atom. The molecule has 0 aliphatic rings. The Morgan fingerprint density at radius 2 is 1.67 bits per heavy atom. The zero-order valence-corrected chi connectivity index (χ0v) is 13.2. The quantitative estimate of drug-likeness (QED) is 0.691. The van der Waals surface area contributed by atoms with Crippen LogP contribution >= 0.6 is 0 Å². The van der Waals surface area contributed by atoms with E-state index in [1.54, 1.807) is 0 Å². The van der Waals surface area contributed by atoms with Gasteiger partial charge in [0.15, 0.2) is 0 Å². The van der Waals surface area contributed by atoms with Crippen molar-refractivity contribution in [2.45, 2.75) is 26.2 Å². The molecule has 0 unspecified atom stereocenters. The summed E-state index contributed by atoms with van der Waals surface area (Å²) in [7, 11) is 2.14. The lowest BCUT2D eigenvalue weighted by Crippen LogP contribution is -2.18. The van der Waals surface area contributed by atoms with Crippen LogP contribution in [0.2, 0.25) is 0 Å². The summed E-state index contributed by atoms with van der Waals surface area (Å²) >= 11 is 0. The molecule has 2 rings (SSSR count). The van der Waals surface area contributed by atoms with E-state index < -0.39 is 0 Å². The molecule has 0 saturated carbocycles. The Labute approximate surface area is 128 Å². The largest absolute Gasteiger partial charge is 0.375 e. The third-order valence-electron chi connectivity index (χ3n) is 3.87. The van der Waals surface area contributed by atoms with Crippen LogP contribution in [0.1, 0.15) is 36.5 Å². The van der Waals surface area contributed by atoms with Crippen LogP contribution in [0.4, 0.5) is 0 Å². The molecular formula is C20H25N. The second-order valence-corrected chi connectivity index (χ2v) is 5.54. The van der Waals surface area contributed by atoms with Gasteiger partial charge in [-0.25, -0.2) is 0 Å². The minimum Gasteiger partial charge on any atom is -0.375 e. The zero-order chi connectivity index (χ0) is 15.1. The molecule has 0 radical (unpaired) electrons. The first-order valence-corrected chi connectivity index (χ1v) is 7.74. The molecular weight excluding hydrogens is 254 g/mol. The lowest BCUT2D eigenvalue weighted by Gasteiger charge is -2.23. The molecule has 0 aromatic heterocycles. The first-order valence-electron chi connectivity index (χ1n) is 7.74. The molecule has 0 aliphatic heterocycles. The summed E-state index contributed by atoms with van der Waals surface area (Å²) in [5.74, 6) is 0. The highest BCUT2D eigenvalue weighted by atomic mass is 15.1. The number of benzene rings is 2. The summed E-state index contributed by atoms with van der Waals surface area (Å²) in [6.45, 7) is 7.59. The topological polar surface area (TPSA) is 3.24 Å². The highest BCUT2D eigenvalue weighted by Crippen LogP contribution is 2.23. The van der Waals surface area contributed by atoms with E-state index in [1.807, 2.05) is 0 Å². The number of hydrogen-bond acceptors (Lipinski definition) is 1. The Balaban J connectivity index is 2.18. The lowest BCUT2D eigenvalue weighted by molar-refractivity contribution is 0.463. The zero-order valence-electron chi connectivity index (χ0n) is 13.2. The fourth-order valence-electron chi connectivity index (χ4n) is 2.51. The van der Waals surface area contributed by atoms with Crippen LogP contribution in [0.25, 0.3) is 5.70 Å². The molecule has 0 bridgehead atoms. The van der Waals surface area contributed by atoms with Crippen LogP contribution in [0.15, 0.2) is 61.2 Å². The van der Waals surface area contributed by atoms with Crippen molar-refractivity contribution >= 4 is 5.70 Å². The first-order chi connectivity index (χ1) is 10.2. The molecule has 2 aromatic rings. The summed E-state index contributed by atoms with van der Waals surface area (Å²) in [6, 6.07) is 19.2. The molecule has 0 N–H and O–H groups in total. The first kappa shape index (κ1) is 15.4. The fraction of sp³-hybridized carbons (Fsp3) is 0.300. The minimum absolute atomic E-state index is 0.956. The van der Waals surface area contributed by atoms with Gasteiger partial charge in [0.05, 0.1) is 0 Å². The maximum atomic E-state index is 4.31. The molecule has 0 atom stereocenters.